The number of nitrogens with zero attached hydrogens (tertiary/aromatic N) is 6. The van der Waals surface area contributed by atoms with Gasteiger partial charge in [-0.25, -0.2) is 15.0 Å². The lowest BCUT2D eigenvalue weighted by atomic mass is 9.87. The molecular formula is C27H44N6. The molecule has 6 heteroatoms. The summed E-state index contributed by atoms with van der Waals surface area (Å²) in [5.41, 5.74) is 7.27. The lowest BCUT2D eigenvalue weighted by molar-refractivity contribution is 0.345. The zero-order valence-electron chi connectivity index (χ0n) is 22.6. The average Bonchev–Trinajstić information content (AvgIpc) is 3.25. The Kier molecular flexibility index (Phi) is 7.86. The first-order valence-corrected chi connectivity index (χ1v) is 12.5. The topological polar surface area (TPSA) is 53.5 Å². The van der Waals surface area contributed by atoms with Crippen LogP contribution in [0.3, 0.4) is 0 Å². The van der Waals surface area contributed by atoms with Crippen LogP contribution in [0.2, 0.25) is 0 Å². The average molecular weight is 453 g/mol. The Balaban J connectivity index is 1.70. The lowest BCUT2D eigenvalue weighted by Gasteiger charge is -2.21. The van der Waals surface area contributed by atoms with Crippen LogP contribution < -0.4 is 0 Å². The summed E-state index contributed by atoms with van der Waals surface area (Å²) < 4.78 is 6.80. The number of rotatable bonds is 10. The first-order chi connectivity index (χ1) is 15.5. The van der Waals surface area contributed by atoms with Gasteiger partial charge in [-0.3, -0.25) is 0 Å². The van der Waals surface area contributed by atoms with Crippen LogP contribution in [0.4, 0.5) is 0 Å². The minimum absolute atomic E-state index is 0.579. The van der Waals surface area contributed by atoms with E-state index in [0.717, 1.165) is 42.8 Å². The Morgan fingerprint density at radius 2 is 1.06 bits per heavy atom. The first-order valence-electron chi connectivity index (χ1n) is 12.5. The predicted molar refractivity (Wildman–Crippen MR) is 136 cm³/mol. The van der Waals surface area contributed by atoms with Crippen molar-refractivity contribution in [2.75, 3.05) is 0 Å². The summed E-state index contributed by atoms with van der Waals surface area (Å²) in [4.78, 5) is 14.5. The second-order valence-electron chi connectivity index (χ2n) is 10.3. The number of aryl methyl sites for hydroxylation is 4. The highest BCUT2D eigenvalue weighted by atomic mass is 15.1. The maximum Gasteiger partial charge on any atom is 0.109 e. The van der Waals surface area contributed by atoms with E-state index in [0.29, 0.717) is 11.8 Å². The van der Waals surface area contributed by atoms with Crippen LogP contribution in [0.1, 0.15) is 77.8 Å². The fraction of sp³-hybridized carbons (Fsp3) is 0.667. The summed E-state index contributed by atoms with van der Waals surface area (Å²) in [6.07, 6.45) is 6.63. The minimum atomic E-state index is 0.579. The molecule has 0 bridgehead atoms. The van der Waals surface area contributed by atoms with Gasteiger partial charge in [0, 0.05) is 57.5 Å². The molecule has 0 saturated carbocycles. The van der Waals surface area contributed by atoms with Crippen LogP contribution in [0, 0.1) is 53.4 Å². The molecule has 0 aliphatic rings. The van der Waals surface area contributed by atoms with Gasteiger partial charge in [0.15, 0.2) is 0 Å². The van der Waals surface area contributed by atoms with Crippen molar-refractivity contribution < 1.29 is 0 Å². The van der Waals surface area contributed by atoms with Crippen LogP contribution in [-0.4, -0.2) is 28.7 Å². The molecule has 3 heterocycles. The van der Waals surface area contributed by atoms with Gasteiger partial charge in [0.2, 0.25) is 0 Å². The number of hydrogen-bond donors (Lipinski definition) is 0. The van der Waals surface area contributed by atoms with Gasteiger partial charge in [-0.05, 0) is 72.6 Å². The summed E-state index contributed by atoms with van der Waals surface area (Å²) in [5.74, 6) is 4.81. The molecular weight excluding hydrogens is 408 g/mol. The molecule has 0 aliphatic carbocycles. The van der Waals surface area contributed by atoms with Gasteiger partial charge in [-0.1, -0.05) is 6.92 Å². The van der Waals surface area contributed by atoms with E-state index in [4.69, 9.17) is 15.0 Å². The fourth-order valence-electron chi connectivity index (χ4n) is 5.02. The highest BCUT2D eigenvalue weighted by molar-refractivity contribution is 5.16. The molecule has 3 aromatic heterocycles. The number of aromatic nitrogens is 6. The highest BCUT2D eigenvalue weighted by Crippen LogP contribution is 2.26. The Morgan fingerprint density at radius 1 is 0.636 bits per heavy atom. The van der Waals surface area contributed by atoms with E-state index in [1.54, 1.807) is 0 Å². The third-order valence-electron chi connectivity index (χ3n) is 7.88. The second-order valence-corrected chi connectivity index (χ2v) is 10.3. The highest BCUT2D eigenvalue weighted by Gasteiger charge is 2.20. The first kappa shape index (κ1) is 25.3. The van der Waals surface area contributed by atoms with Gasteiger partial charge in [0.1, 0.15) is 17.5 Å². The molecule has 0 radical (unpaired) electrons. The third-order valence-corrected chi connectivity index (χ3v) is 7.88. The summed E-state index contributed by atoms with van der Waals surface area (Å²) in [5, 5.41) is 0. The van der Waals surface area contributed by atoms with Gasteiger partial charge in [0.25, 0.3) is 0 Å². The van der Waals surface area contributed by atoms with Gasteiger partial charge in [-0.2, -0.15) is 0 Å². The Bertz CT molecular complexity index is 1100. The van der Waals surface area contributed by atoms with Crippen LogP contribution >= 0.6 is 0 Å². The van der Waals surface area contributed by atoms with Crippen molar-refractivity contribution in [3.05, 3.63) is 51.6 Å². The van der Waals surface area contributed by atoms with Crippen molar-refractivity contribution in [3.63, 3.8) is 0 Å². The molecule has 0 fully saturated rings. The molecule has 0 aromatic carbocycles. The zero-order valence-corrected chi connectivity index (χ0v) is 22.6. The van der Waals surface area contributed by atoms with E-state index < -0.39 is 0 Å². The van der Waals surface area contributed by atoms with Crippen LogP contribution in [-0.2, 0) is 40.4 Å². The maximum absolute atomic E-state index is 4.90. The Labute approximate surface area is 200 Å². The van der Waals surface area contributed by atoms with Crippen LogP contribution in [0.5, 0.6) is 0 Å². The molecule has 6 nitrogen and oxygen atoms in total. The van der Waals surface area contributed by atoms with Gasteiger partial charge in [-0.15, -0.1) is 0 Å². The van der Waals surface area contributed by atoms with Crippen molar-refractivity contribution in [3.8, 4) is 0 Å². The van der Waals surface area contributed by atoms with Crippen molar-refractivity contribution in [2.45, 2.75) is 87.0 Å². The molecule has 0 amide bonds. The van der Waals surface area contributed by atoms with E-state index in [1.807, 2.05) is 0 Å². The lowest BCUT2D eigenvalue weighted by Crippen LogP contribution is -2.16. The minimum Gasteiger partial charge on any atom is -0.335 e. The van der Waals surface area contributed by atoms with E-state index >= 15 is 0 Å². The zero-order chi connectivity index (χ0) is 24.4. The van der Waals surface area contributed by atoms with E-state index in [-0.39, 0.29) is 0 Å². The Morgan fingerprint density at radius 3 is 1.48 bits per heavy atom. The predicted octanol–water partition coefficient (Wildman–Crippen LogP) is 5.19. The molecule has 3 rings (SSSR count). The SMILES string of the molecule is Cc1nc(CCCC(Cc2nc(C)c(C)n2C)CC(C)Cc2nc(C)c(C)n2C)n(C)c1C. The summed E-state index contributed by atoms with van der Waals surface area (Å²) in [6, 6.07) is 0. The second kappa shape index (κ2) is 10.3. The largest absolute Gasteiger partial charge is 0.335 e. The van der Waals surface area contributed by atoms with Crippen molar-refractivity contribution in [1.29, 1.82) is 0 Å². The van der Waals surface area contributed by atoms with E-state index in [2.05, 4.69) is 83.3 Å². The Hall–Kier alpha value is -2.37. The quantitative estimate of drug-likeness (QED) is 0.425. The maximum atomic E-state index is 4.90. The van der Waals surface area contributed by atoms with Crippen LogP contribution in [0.15, 0.2) is 0 Å². The normalized spacial score (nSPS) is 13.6. The molecule has 182 valence electrons. The summed E-state index contributed by atoms with van der Waals surface area (Å²) in [6.45, 7) is 15.2. The molecule has 33 heavy (non-hydrogen) atoms. The fourth-order valence-corrected chi connectivity index (χ4v) is 5.02. The monoisotopic (exact) mass is 452 g/mol. The molecule has 3 aromatic rings. The van der Waals surface area contributed by atoms with E-state index in [1.165, 1.54) is 47.4 Å². The molecule has 0 saturated heterocycles. The molecule has 0 spiro atoms. The number of imidazole rings is 3. The molecule has 0 N–H and O–H groups in total. The van der Waals surface area contributed by atoms with E-state index in [9.17, 15) is 0 Å². The van der Waals surface area contributed by atoms with Crippen molar-refractivity contribution in [1.82, 2.24) is 28.7 Å². The van der Waals surface area contributed by atoms with Gasteiger partial charge in [0.05, 0.1) is 17.1 Å². The molecule has 0 aliphatic heterocycles. The molecule has 2 atom stereocenters. The van der Waals surface area contributed by atoms with Crippen LogP contribution in [0.25, 0.3) is 0 Å². The van der Waals surface area contributed by atoms with Gasteiger partial charge >= 0.3 is 0 Å². The summed E-state index contributed by atoms with van der Waals surface area (Å²) >= 11 is 0. The summed E-state index contributed by atoms with van der Waals surface area (Å²) in [7, 11) is 6.44. The van der Waals surface area contributed by atoms with Crippen molar-refractivity contribution >= 4 is 0 Å². The molecule has 2 unspecified atom stereocenters. The number of hydrogen-bond acceptors (Lipinski definition) is 3. The standard InChI is InChI=1S/C27H44N6/c1-17(15-26-29-19(3)22(6)32(26)9)14-24(16-27-30-20(4)23(7)33(27)10)12-11-13-25-28-18(2)21(5)31(25)8/h17,24H,11-16H2,1-10H3. The van der Waals surface area contributed by atoms with Crippen molar-refractivity contribution in [2.24, 2.45) is 33.0 Å². The third kappa shape index (κ3) is 5.59. The smallest absolute Gasteiger partial charge is 0.109 e. The van der Waals surface area contributed by atoms with Gasteiger partial charge < -0.3 is 13.7 Å².